The van der Waals surface area contributed by atoms with Crippen LogP contribution in [0.3, 0.4) is 0 Å². The number of hydrogen-bond donors (Lipinski definition) is 1. The van der Waals surface area contributed by atoms with Crippen LogP contribution in [0.4, 0.5) is 10.1 Å². The lowest BCUT2D eigenvalue weighted by Gasteiger charge is -2.10. The van der Waals surface area contributed by atoms with Crippen LogP contribution in [0.2, 0.25) is 0 Å². The summed E-state index contributed by atoms with van der Waals surface area (Å²) in [6.07, 6.45) is 2.33. The number of aromatic nitrogens is 2. The first-order valence-corrected chi connectivity index (χ1v) is 10.0. The summed E-state index contributed by atoms with van der Waals surface area (Å²) >= 11 is 0. The van der Waals surface area contributed by atoms with Gasteiger partial charge in [0, 0.05) is 35.1 Å². The number of esters is 1. The Kier molecular flexibility index (Phi) is 6.07. The Hall–Kier alpha value is -3.88. The second-order valence-corrected chi connectivity index (χ2v) is 7.24. The van der Waals surface area contributed by atoms with E-state index in [0.29, 0.717) is 29.3 Å². The van der Waals surface area contributed by atoms with Gasteiger partial charge >= 0.3 is 5.97 Å². The number of rotatable bonds is 7. The van der Waals surface area contributed by atoms with Gasteiger partial charge in [-0.15, -0.1) is 0 Å². The maximum Gasteiger partial charge on any atom is 0.359 e. The number of carbonyl (C=O) groups excluding carboxylic acids is 2. The third-order valence-corrected chi connectivity index (χ3v) is 5.16. The highest BCUT2D eigenvalue weighted by molar-refractivity contribution is 5.95. The molecule has 0 aliphatic heterocycles. The molecule has 32 heavy (non-hydrogen) atoms. The van der Waals surface area contributed by atoms with Crippen LogP contribution in [-0.4, -0.2) is 42.5 Å². The first-order chi connectivity index (χ1) is 15.5. The molecular weight excluding hydrogens is 417 g/mol. The highest BCUT2D eigenvalue weighted by atomic mass is 19.1. The monoisotopic (exact) mass is 439 g/mol. The number of fused-ring (bicyclic) bond motifs is 1. The van der Waals surface area contributed by atoms with Crippen LogP contribution < -0.4 is 14.8 Å². The van der Waals surface area contributed by atoms with Crippen molar-refractivity contribution in [3.8, 4) is 17.2 Å². The molecule has 3 aromatic rings. The zero-order valence-electron chi connectivity index (χ0n) is 17.7. The number of amides is 1. The maximum absolute atomic E-state index is 13.3. The van der Waals surface area contributed by atoms with Gasteiger partial charge in [-0.05, 0) is 43.5 Å². The predicted molar refractivity (Wildman–Crippen MR) is 114 cm³/mol. The van der Waals surface area contributed by atoms with E-state index in [1.807, 2.05) is 0 Å². The summed E-state index contributed by atoms with van der Waals surface area (Å²) in [6, 6.07) is 10.8. The van der Waals surface area contributed by atoms with Gasteiger partial charge in [-0.3, -0.25) is 4.79 Å². The predicted octanol–water partition coefficient (Wildman–Crippen LogP) is 3.31. The lowest BCUT2D eigenvalue weighted by atomic mass is 10.2. The zero-order valence-corrected chi connectivity index (χ0v) is 17.7. The Morgan fingerprint density at radius 3 is 2.41 bits per heavy atom. The Labute approximate surface area is 183 Å². The average molecular weight is 439 g/mol. The molecule has 0 bridgehead atoms. The highest BCUT2D eigenvalue weighted by Crippen LogP contribution is 2.29. The molecule has 1 N–H and O–H groups in total. The molecule has 1 heterocycles. The molecule has 8 nitrogen and oxygen atoms in total. The Balaban J connectivity index is 1.45. The summed E-state index contributed by atoms with van der Waals surface area (Å²) in [6.45, 7) is -0.476. The second-order valence-electron chi connectivity index (χ2n) is 7.24. The van der Waals surface area contributed by atoms with Gasteiger partial charge in [-0.2, -0.15) is 5.10 Å². The van der Waals surface area contributed by atoms with Crippen molar-refractivity contribution >= 4 is 17.6 Å². The lowest BCUT2D eigenvalue weighted by Crippen LogP contribution is -2.21. The van der Waals surface area contributed by atoms with E-state index in [0.717, 1.165) is 24.1 Å². The van der Waals surface area contributed by atoms with Crippen LogP contribution in [0.25, 0.3) is 5.69 Å². The van der Waals surface area contributed by atoms with Crippen molar-refractivity contribution in [3.05, 3.63) is 65.2 Å². The van der Waals surface area contributed by atoms with Gasteiger partial charge in [0.1, 0.15) is 17.3 Å². The van der Waals surface area contributed by atoms with Gasteiger partial charge in [0.25, 0.3) is 5.91 Å². The standard InChI is InChI=1S/C23H22FN3O5/c1-30-17-10-15(11-18(12-17)31-2)25-21(28)13-32-23(29)22-19-4-3-5-20(19)27(26-22)16-8-6-14(24)7-9-16/h6-12H,3-5,13H2,1-2H3,(H,25,28). The maximum atomic E-state index is 13.3. The molecule has 4 rings (SSSR count). The lowest BCUT2D eigenvalue weighted by molar-refractivity contribution is -0.119. The molecule has 0 spiro atoms. The van der Waals surface area contributed by atoms with Crippen molar-refractivity contribution < 1.29 is 28.2 Å². The number of halogens is 1. The van der Waals surface area contributed by atoms with Crippen LogP contribution >= 0.6 is 0 Å². The molecule has 9 heteroatoms. The molecule has 1 aliphatic rings. The first-order valence-electron chi connectivity index (χ1n) is 10.0. The summed E-state index contributed by atoms with van der Waals surface area (Å²) in [5.41, 5.74) is 2.99. The van der Waals surface area contributed by atoms with Gasteiger partial charge in [0.2, 0.25) is 0 Å². The zero-order chi connectivity index (χ0) is 22.7. The van der Waals surface area contributed by atoms with Crippen molar-refractivity contribution in [2.24, 2.45) is 0 Å². The first kappa shape index (κ1) is 21.4. The molecule has 0 radical (unpaired) electrons. The summed E-state index contributed by atoms with van der Waals surface area (Å²) in [4.78, 5) is 25.0. The highest BCUT2D eigenvalue weighted by Gasteiger charge is 2.28. The van der Waals surface area contributed by atoms with Gasteiger partial charge in [0.05, 0.1) is 19.9 Å². The van der Waals surface area contributed by atoms with Gasteiger partial charge < -0.3 is 19.5 Å². The summed E-state index contributed by atoms with van der Waals surface area (Å²) in [7, 11) is 3.01. The molecule has 0 saturated heterocycles. The van der Waals surface area contributed by atoms with Gasteiger partial charge in [-0.1, -0.05) is 0 Å². The van der Waals surface area contributed by atoms with E-state index >= 15 is 0 Å². The molecule has 1 aromatic heterocycles. The number of nitrogens with one attached hydrogen (secondary N) is 1. The number of carbonyl (C=O) groups is 2. The van der Waals surface area contributed by atoms with Crippen LogP contribution in [0, 0.1) is 5.82 Å². The quantitative estimate of drug-likeness (QED) is 0.568. The summed E-state index contributed by atoms with van der Waals surface area (Å²) in [5.74, 6) is -0.514. The number of anilines is 1. The van der Waals surface area contributed by atoms with Crippen molar-refractivity contribution in [1.29, 1.82) is 0 Å². The van der Waals surface area contributed by atoms with Crippen LogP contribution in [0.1, 0.15) is 28.2 Å². The Morgan fingerprint density at radius 1 is 1.06 bits per heavy atom. The average Bonchev–Trinajstić information content (AvgIpc) is 3.41. The van der Waals surface area contributed by atoms with Crippen molar-refractivity contribution in [3.63, 3.8) is 0 Å². The fourth-order valence-electron chi connectivity index (χ4n) is 3.67. The number of ether oxygens (including phenoxy) is 3. The van der Waals surface area contributed by atoms with E-state index in [1.165, 1.54) is 26.4 Å². The molecule has 0 saturated carbocycles. The molecule has 0 atom stereocenters. The Bertz CT molecular complexity index is 1130. The SMILES string of the molecule is COc1cc(NC(=O)COC(=O)c2nn(-c3ccc(F)cc3)c3c2CCC3)cc(OC)c1. The van der Waals surface area contributed by atoms with Crippen LogP contribution in [0.15, 0.2) is 42.5 Å². The van der Waals surface area contributed by atoms with E-state index in [4.69, 9.17) is 14.2 Å². The molecule has 1 aliphatic carbocycles. The van der Waals surface area contributed by atoms with E-state index in [2.05, 4.69) is 10.4 Å². The van der Waals surface area contributed by atoms with E-state index < -0.39 is 18.5 Å². The molecule has 1 amide bonds. The van der Waals surface area contributed by atoms with Gasteiger partial charge in [0.15, 0.2) is 12.3 Å². The van der Waals surface area contributed by atoms with Crippen LogP contribution in [0.5, 0.6) is 11.5 Å². The summed E-state index contributed by atoms with van der Waals surface area (Å²) in [5, 5.41) is 7.04. The third kappa shape index (κ3) is 4.41. The second kappa shape index (κ2) is 9.09. The normalized spacial score (nSPS) is 12.2. The van der Waals surface area contributed by atoms with Crippen molar-refractivity contribution in [2.75, 3.05) is 26.1 Å². The molecule has 0 fully saturated rings. The van der Waals surface area contributed by atoms with E-state index in [-0.39, 0.29) is 11.5 Å². The molecule has 166 valence electrons. The Morgan fingerprint density at radius 2 is 1.75 bits per heavy atom. The van der Waals surface area contributed by atoms with Gasteiger partial charge in [-0.25, -0.2) is 13.9 Å². The smallest absolute Gasteiger partial charge is 0.359 e. The minimum atomic E-state index is -0.678. The topological polar surface area (TPSA) is 91.7 Å². The minimum absolute atomic E-state index is 0.178. The fraction of sp³-hybridized carbons (Fsp3) is 0.261. The molecule has 2 aromatic carbocycles. The number of methoxy groups -OCH3 is 2. The fourth-order valence-corrected chi connectivity index (χ4v) is 3.67. The van der Waals surface area contributed by atoms with Crippen molar-refractivity contribution in [2.45, 2.75) is 19.3 Å². The molecule has 0 unspecified atom stereocenters. The van der Waals surface area contributed by atoms with E-state index in [9.17, 15) is 14.0 Å². The number of hydrogen-bond acceptors (Lipinski definition) is 6. The number of nitrogens with zero attached hydrogens (tertiary/aromatic N) is 2. The largest absolute Gasteiger partial charge is 0.497 e. The minimum Gasteiger partial charge on any atom is -0.497 e. The van der Waals surface area contributed by atoms with E-state index in [1.54, 1.807) is 35.0 Å². The number of benzene rings is 2. The third-order valence-electron chi connectivity index (χ3n) is 5.16. The molecular formula is C23H22FN3O5. The summed E-state index contributed by atoms with van der Waals surface area (Å²) < 4.78 is 30.5. The van der Waals surface area contributed by atoms with Crippen molar-refractivity contribution in [1.82, 2.24) is 9.78 Å². The van der Waals surface area contributed by atoms with Crippen LogP contribution in [-0.2, 0) is 22.4 Å².